The van der Waals surface area contributed by atoms with Gasteiger partial charge < -0.3 is 225 Å². The molecule has 0 spiro atoms. The van der Waals surface area contributed by atoms with Gasteiger partial charge in [0, 0.05) is 40.5 Å². The van der Waals surface area contributed by atoms with Crippen molar-refractivity contribution in [1.82, 2.24) is 21.3 Å². The second kappa shape index (κ2) is 39.9. The average molecular weight is 1660 g/mol. The van der Waals surface area contributed by atoms with E-state index in [0.29, 0.717) is 0 Å². The minimum absolute atomic E-state index is 0.829. The predicted octanol–water partition coefficient (Wildman–Crippen LogP) is -19.5. The van der Waals surface area contributed by atoms with Crippen molar-refractivity contribution >= 4 is 35.6 Å². The number of carboxylic acids is 2. The van der Waals surface area contributed by atoms with Crippen molar-refractivity contribution in [2.45, 2.75) is 297 Å². The maximum absolute atomic E-state index is 13.0. The number of aliphatic hydroxyl groups excluding tert-OH is 24. The van der Waals surface area contributed by atoms with E-state index in [1.807, 2.05) is 0 Å². The number of carbonyl (C=O) groups excluding carboxylic acids is 4. The lowest BCUT2D eigenvalue weighted by Gasteiger charge is -2.50. The van der Waals surface area contributed by atoms with E-state index in [-0.39, 0.29) is 0 Å². The summed E-state index contributed by atoms with van der Waals surface area (Å²) in [6.45, 7) is -5.57. The number of carboxylic acid groups (broad SMARTS) is 2. The molecule has 0 saturated carbocycles. The Morgan fingerprint density at radius 1 is 0.363 bits per heavy atom. The van der Waals surface area contributed by atoms with Crippen LogP contribution < -0.4 is 21.3 Å². The first-order chi connectivity index (χ1) is 53.0. The van der Waals surface area contributed by atoms with Gasteiger partial charge in [0.05, 0.1) is 77.1 Å². The van der Waals surface area contributed by atoms with Crippen molar-refractivity contribution in [2.75, 3.05) is 52.9 Å². The van der Waals surface area contributed by atoms with Crippen molar-refractivity contribution < 1.29 is 233 Å². The fourth-order valence-corrected chi connectivity index (χ4v) is 14.2. The van der Waals surface area contributed by atoms with Gasteiger partial charge in [-0.15, -0.1) is 0 Å². The molecule has 0 aromatic rings. The van der Waals surface area contributed by atoms with E-state index in [1.165, 1.54) is 0 Å². The zero-order valence-corrected chi connectivity index (χ0v) is 60.4. The number of amides is 4. The first-order valence-electron chi connectivity index (χ1n) is 35.4. The highest BCUT2D eigenvalue weighted by Gasteiger charge is 2.62. The van der Waals surface area contributed by atoms with Crippen LogP contribution in [0.15, 0.2) is 0 Å². The molecule has 51 nitrogen and oxygen atoms in total. The summed E-state index contributed by atoms with van der Waals surface area (Å²) in [5.41, 5.74) is 0. The summed E-state index contributed by atoms with van der Waals surface area (Å²) < 4.78 is 86.6. The Balaban J connectivity index is 1.02. The fourth-order valence-electron chi connectivity index (χ4n) is 14.2. The van der Waals surface area contributed by atoms with E-state index in [9.17, 15) is 162 Å². The zero-order valence-electron chi connectivity index (χ0n) is 60.4. The third-order valence-corrected chi connectivity index (χ3v) is 20.2. The first-order valence-corrected chi connectivity index (χ1v) is 35.4. The van der Waals surface area contributed by atoms with E-state index >= 15 is 0 Å². The quantitative estimate of drug-likeness (QED) is 0.0297. The minimum atomic E-state index is -3.07. The molecule has 8 heterocycles. The molecule has 8 aliphatic heterocycles. The van der Waals surface area contributed by atoms with Crippen LogP contribution in [0.3, 0.4) is 0 Å². The largest absolute Gasteiger partial charge is 0.477 e. The topological polar surface area (TPSA) is 815 Å². The van der Waals surface area contributed by atoms with Crippen LogP contribution in [0.5, 0.6) is 0 Å². The molecule has 0 aromatic carbocycles. The van der Waals surface area contributed by atoms with Gasteiger partial charge in [-0.2, -0.15) is 0 Å². The van der Waals surface area contributed by atoms with Crippen LogP contribution in [0.4, 0.5) is 0 Å². The predicted molar refractivity (Wildman–Crippen MR) is 345 cm³/mol. The lowest BCUT2D eigenvalue weighted by atomic mass is 9.88. The maximum Gasteiger partial charge on any atom is 0.364 e. The highest BCUT2D eigenvalue weighted by atomic mass is 16.8. The van der Waals surface area contributed by atoms with E-state index in [4.69, 9.17) is 71.1 Å². The summed E-state index contributed by atoms with van der Waals surface area (Å²) in [6, 6.07) is -7.27. The number of ether oxygens (including phenoxy) is 15. The summed E-state index contributed by atoms with van der Waals surface area (Å²) in [5, 5.41) is 293. The second-order valence-corrected chi connectivity index (χ2v) is 28.3. The van der Waals surface area contributed by atoms with Crippen LogP contribution in [0.25, 0.3) is 0 Å². The average Bonchev–Trinajstić information content (AvgIpc) is 0.774. The molecule has 1 unspecified atom stereocenters. The molecule has 51 heteroatoms. The van der Waals surface area contributed by atoms with Crippen LogP contribution in [-0.2, 0) is 99.8 Å². The molecule has 0 radical (unpaired) electrons. The number of carbonyl (C=O) groups is 6. The molecule has 0 aromatic heterocycles. The number of nitrogens with one attached hydrogen (secondary N) is 4. The molecule has 42 atom stereocenters. The van der Waals surface area contributed by atoms with E-state index < -0.39 is 358 Å². The summed E-state index contributed by atoms with van der Waals surface area (Å²) in [6.07, 6.45) is -79.9. The molecule has 8 aliphatic rings. The Labute approximate surface area is 637 Å². The number of hydrogen-bond acceptors (Lipinski definition) is 45. The molecule has 0 aliphatic carbocycles. The van der Waals surface area contributed by atoms with Gasteiger partial charge in [0.2, 0.25) is 23.6 Å². The minimum Gasteiger partial charge on any atom is -0.477 e. The van der Waals surface area contributed by atoms with Crippen LogP contribution in [0, 0.1) is 0 Å². The second-order valence-electron chi connectivity index (χ2n) is 28.3. The molecule has 30 N–H and O–H groups in total. The molecule has 8 fully saturated rings. The normalized spacial score (nSPS) is 45.6. The van der Waals surface area contributed by atoms with Crippen molar-refractivity contribution in [3.05, 3.63) is 0 Å². The van der Waals surface area contributed by atoms with Gasteiger partial charge in [-0.1, -0.05) is 0 Å². The van der Waals surface area contributed by atoms with E-state index in [0.717, 1.165) is 27.7 Å². The monoisotopic (exact) mass is 1650 g/mol. The Morgan fingerprint density at radius 3 is 1.06 bits per heavy atom. The number of aliphatic hydroxyl groups is 24. The lowest BCUT2D eigenvalue weighted by molar-refractivity contribution is -0.385. The molecule has 113 heavy (non-hydrogen) atoms. The van der Waals surface area contributed by atoms with Gasteiger partial charge in [0.25, 0.3) is 11.6 Å². The van der Waals surface area contributed by atoms with E-state index in [1.54, 1.807) is 0 Å². The first kappa shape index (κ1) is 93.8. The third kappa shape index (κ3) is 20.9. The highest BCUT2D eigenvalue weighted by molar-refractivity contribution is 5.77. The molecule has 0 bridgehead atoms. The third-order valence-electron chi connectivity index (χ3n) is 20.2. The van der Waals surface area contributed by atoms with Crippen LogP contribution in [-0.4, -0.2) is 478 Å². The molecule has 4 amide bonds. The van der Waals surface area contributed by atoms with Crippen LogP contribution in [0.1, 0.15) is 40.5 Å². The van der Waals surface area contributed by atoms with Gasteiger partial charge in [-0.25, -0.2) is 9.59 Å². The Bertz CT molecular complexity index is 3110. The van der Waals surface area contributed by atoms with Gasteiger partial charge in [-0.3, -0.25) is 19.2 Å². The number of hydrogen-bond donors (Lipinski definition) is 30. The standard InChI is InChI=1S/C62H102N4O47/c1-15(72)63-29-19(76)5-61(59(95)96,112-50(29)33(80)21(78)7-67)100-13-27-35(82)40(87)44(91)56(106-27)108-47-24(10-70)103-54(31(38(47)85)65-17(3)74)99-12-26-37(84)52(46(93)58(105-26)110-49-23(9-69)102-53(94)43(90)42(49)89)111-55-32(66-18(4)75)39(86)48(25(11-71)104-55)109-57-45(92)41(88)36(83)28(107-57)14-101-62(60(97)98)6-20(77)30(64-16(2)73)51(113-62)34(81)22(79)8-68/h19-58,67-71,76-94H,5-14H2,1-4H3,(H,63,72)(H,64,73)(H,65,74)(H,66,75)(H,95,96)(H,97,98)/t19-,20-,21+,22+,23+,24+,25+,26+,27+,28+,29+,30+,31+,32+,33+,34+,35-,36-,37-,38+,39+,40-,41-,42+,43+,44+,45+,46+,47+,48+,49+,50+,51+,52-,53?,54+,55-,56-,57-,58-,61+,62+/m0/s1. The Kier molecular flexibility index (Phi) is 33.1. The lowest BCUT2D eigenvalue weighted by Crippen LogP contribution is -2.70. The van der Waals surface area contributed by atoms with Gasteiger partial charge in [0.15, 0.2) is 37.7 Å². The SMILES string of the molecule is CC(=O)N[C@H]1[C@H](OC[C@H]2O[C@@H](O[C@H]3[C@H](O)[C@@H](O)C(O)O[C@@H]3CO)[C@H](O)[C@@H](O[C@@H]3O[C@H](CO)[C@@H](O[C@@H]4O[C@H](CO[C@]5(C(=O)O)C[C@H](O)[C@@H](NC(C)=O)[C@H]([C@H](O)[C@H](O)CO)O5)[C@H](O)[C@H](O)[C@H]4O)[C@H](O)[C@H]3NC(C)=O)[C@H]2O)O[C@H](CO)[C@@H](O[C@@H]2O[C@H](CO[C@]3(C(=O)O)C[C@H](O)[C@@H](NC(C)=O)[C@H]([C@H](O)[C@H](O)CO)O3)[C@H](O)[C@H](O)[C@H]2O)[C@@H]1O. The number of rotatable bonds is 32. The van der Waals surface area contributed by atoms with Crippen LogP contribution >= 0.6 is 0 Å². The summed E-state index contributed by atoms with van der Waals surface area (Å²) in [5.74, 6) is -13.8. The van der Waals surface area contributed by atoms with Gasteiger partial charge in [-0.05, 0) is 0 Å². The molecule has 8 rings (SSSR count). The molecule has 652 valence electrons. The van der Waals surface area contributed by atoms with E-state index in [2.05, 4.69) is 21.3 Å². The smallest absolute Gasteiger partial charge is 0.364 e. The fraction of sp³-hybridized carbons (Fsp3) is 0.903. The highest BCUT2D eigenvalue weighted by Crippen LogP contribution is 2.41. The summed E-state index contributed by atoms with van der Waals surface area (Å²) >= 11 is 0. The van der Waals surface area contributed by atoms with Crippen LogP contribution in [0.2, 0.25) is 0 Å². The summed E-state index contributed by atoms with van der Waals surface area (Å²) in [7, 11) is 0. The molecular formula is C62H102N4O47. The van der Waals surface area contributed by atoms with Crippen molar-refractivity contribution in [1.29, 1.82) is 0 Å². The maximum atomic E-state index is 13.0. The molecular weight excluding hydrogens is 1550 g/mol. The van der Waals surface area contributed by atoms with Crippen molar-refractivity contribution in [3.63, 3.8) is 0 Å². The van der Waals surface area contributed by atoms with Gasteiger partial charge >= 0.3 is 11.9 Å². The zero-order chi connectivity index (χ0) is 84.1. The van der Waals surface area contributed by atoms with Gasteiger partial charge in [0.1, 0.15) is 183 Å². The number of aliphatic carboxylic acids is 2. The summed E-state index contributed by atoms with van der Waals surface area (Å²) in [4.78, 5) is 76.0. The Hall–Kier alpha value is -4.74. The Morgan fingerprint density at radius 2 is 0.690 bits per heavy atom. The van der Waals surface area contributed by atoms with Crippen molar-refractivity contribution in [3.8, 4) is 0 Å². The molecule has 8 saturated heterocycles. The van der Waals surface area contributed by atoms with Crippen molar-refractivity contribution in [2.24, 2.45) is 0 Å².